The number of ether oxygens (including phenoxy) is 2. The summed E-state index contributed by atoms with van der Waals surface area (Å²) in [7, 11) is 0. The van der Waals surface area contributed by atoms with E-state index in [-0.39, 0.29) is 0 Å². The van der Waals surface area contributed by atoms with Crippen LogP contribution < -0.4 is 0 Å². The van der Waals surface area contributed by atoms with Gasteiger partial charge in [0, 0.05) is 0 Å². The first-order chi connectivity index (χ1) is 14.2. The van der Waals surface area contributed by atoms with Crippen molar-refractivity contribution in [2.24, 2.45) is 0 Å². The Morgan fingerprint density at radius 2 is 0.833 bits per heavy atom. The Morgan fingerprint density at radius 1 is 0.533 bits per heavy atom. The van der Waals surface area contributed by atoms with Gasteiger partial charge in [-0.2, -0.15) is 0 Å². The fourth-order valence-corrected chi connectivity index (χ4v) is 3.12. The molecule has 3 rings (SSSR count). The molecular formula is C26H26O4. The second-order valence-electron chi connectivity index (χ2n) is 8.11. The molecule has 4 heteroatoms. The minimum atomic E-state index is -0.768. The Morgan fingerprint density at radius 3 is 1.13 bits per heavy atom. The van der Waals surface area contributed by atoms with Gasteiger partial charge in [0.25, 0.3) is 0 Å². The summed E-state index contributed by atoms with van der Waals surface area (Å²) >= 11 is 0. The van der Waals surface area contributed by atoms with Crippen LogP contribution in [0, 0.1) is 0 Å². The molecule has 0 aliphatic carbocycles. The van der Waals surface area contributed by atoms with Crippen LogP contribution in [0.3, 0.4) is 0 Å². The molecule has 0 atom stereocenters. The molecule has 3 aromatic carbocycles. The maximum absolute atomic E-state index is 12.6. The van der Waals surface area contributed by atoms with E-state index in [4.69, 9.17) is 9.47 Å². The molecule has 0 aliphatic heterocycles. The summed E-state index contributed by atoms with van der Waals surface area (Å²) in [6.07, 6.45) is 0. The average Bonchev–Trinajstić information content (AvgIpc) is 2.74. The molecule has 0 saturated heterocycles. The number of rotatable bonds is 6. The van der Waals surface area contributed by atoms with Gasteiger partial charge in [-0.15, -0.1) is 0 Å². The van der Waals surface area contributed by atoms with E-state index in [0.717, 1.165) is 11.1 Å². The standard InChI is InChI=1S/C26H26O4/c1-25(2,21-11-7-5-8-12-21)29-23(27)19-15-17-20(18-16-19)24(28)30-26(3,4)22-13-9-6-10-14-22/h5-18H,1-4H3. The lowest BCUT2D eigenvalue weighted by molar-refractivity contribution is -0.00470. The van der Waals surface area contributed by atoms with Crippen molar-refractivity contribution in [2.45, 2.75) is 38.9 Å². The molecule has 0 heterocycles. The number of carbonyl (C=O) groups is 2. The minimum Gasteiger partial charge on any atom is -0.451 e. The average molecular weight is 402 g/mol. The predicted octanol–water partition coefficient (Wildman–Crippen LogP) is 5.87. The molecule has 0 fully saturated rings. The van der Waals surface area contributed by atoms with Crippen LogP contribution in [0.1, 0.15) is 59.5 Å². The summed E-state index contributed by atoms with van der Waals surface area (Å²) < 4.78 is 11.4. The molecule has 0 radical (unpaired) electrons. The molecule has 154 valence electrons. The SMILES string of the molecule is CC(C)(OC(=O)c1ccc(C(=O)OC(C)(C)c2ccccc2)cc1)c1ccccc1. The zero-order valence-electron chi connectivity index (χ0n) is 17.7. The molecule has 0 bridgehead atoms. The zero-order chi connectivity index (χ0) is 21.8. The highest BCUT2D eigenvalue weighted by atomic mass is 16.6. The summed E-state index contributed by atoms with van der Waals surface area (Å²) in [5.41, 5.74) is 1.02. The van der Waals surface area contributed by atoms with E-state index >= 15 is 0 Å². The van der Waals surface area contributed by atoms with Crippen molar-refractivity contribution in [1.29, 1.82) is 0 Å². The third-order valence-corrected chi connectivity index (χ3v) is 4.99. The van der Waals surface area contributed by atoms with Crippen molar-refractivity contribution in [1.82, 2.24) is 0 Å². The third kappa shape index (κ3) is 4.95. The second kappa shape index (κ2) is 8.54. The first-order valence-electron chi connectivity index (χ1n) is 9.87. The van der Waals surface area contributed by atoms with Gasteiger partial charge in [-0.3, -0.25) is 0 Å². The van der Waals surface area contributed by atoms with Crippen LogP contribution >= 0.6 is 0 Å². The van der Waals surface area contributed by atoms with Crippen LogP contribution in [0.4, 0.5) is 0 Å². The van der Waals surface area contributed by atoms with Crippen molar-refractivity contribution in [3.8, 4) is 0 Å². The minimum absolute atomic E-state index is 0.373. The van der Waals surface area contributed by atoms with Crippen LogP contribution in [0.2, 0.25) is 0 Å². The van der Waals surface area contributed by atoms with Gasteiger partial charge in [0.1, 0.15) is 11.2 Å². The summed E-state index contributed by atoms with van der Waals surface area (Å²) in [5.74, 6) is -0.901. The summed E-state index contributed by atoms with van der Waals surface area (Å²) in [6.45, 7) is 7.38. The normalized spacial score (nSPS) is 11.6. The summed E-state index contributed by atoms with van der Waals surface area (Å²) in [5, 5.41) is 0. The maximum atomic E-state index is 12.6. The van der Waals surface area contributed by atoms with Gasteiger partial charge in [0.2, 0.25) is 0 Å². The van der Waals surface area contributed by atoms with E-state index in [1.54, 1.807) is 24.3 Å². The van der Waals surface area contributed by atoms with Crippen molar-refractivity contribution < 1.29 is 19.1 Å². The summed E-state index contributed by atoms with van der Waals surface area (Å²) in [6, 6.07) is 25.4. The molecular weight excluding hydrogens is 376 g/mol. The predicted molar refractivity (Wildman–Crippen MR) is 116 cm³/mol. The van der Waals surface area contributed by atoms with E-state index in [0.29, 0.717) is 11.1 Å². The number of benzene rings is 3. The number of esters is 2. The molecule has 0 N–H and O–H groups in total. The van der Waals surface area contributed by atoms with Crippen LogP contribution in [0.25, 0.3) is 0 Å². The van der Waals surface area contributed by atoms with E-state index < -0.39 is 23.1 Å². The highest BCUT2D eigenvalue weighted by Crippen LogP contribution is 2.27. The van der Waals surface area contributed by atoms with Gasteiger partial charge in [0.05, 0.1) is 11.1 Å². The van der Waals surface area contributed by atoms with Gasteiger partial charge in [0.15, 0.2) is 0 Å². The van der Waals surface area contributed by atoms with E-state index in [2.05, 4.69) is 0 Å². The lowest BCUT2D eigenvalue weighted by atomic mass is 9.98. The number of carbonyl (C=O) groups excluding carboxylic acids is 2. The fourth-order valence-electron chi connectivity index (χ4n) is 3.12. The molecule has 0 spiro atoms. The largest absolute Gasteiger partial charge is 0.451 e. The molecule has 0 saturated carbocycles. The van der Waals surface area contributed by atoms with Crippen LogP contribution in [0.5, 0.6) is 0 Å². The van der Waals surface area contributed by atoms with Gasteiger partial charge in [-0.25, -0.2) is 9.59 Å². The first kappa shape index (κ1) is 21.3. The van der Waals surface area contributed by atoms with Crippen molar-refractivity contribution in [3.63, 3.8) is 0 Å². The Balaban J connectivity index is 1.68. The quantitative estimate of drug-likeness (QED) is 0.484. The fraction of sp³-hybridized carbons (Fsp3) is 0.231. The molecule has 4 nitrogen and oxygen atoms in total. The first-order valence-corrected chi connectivity index (χ1v) is 9.87. The molecule has 0 aromatic heterocycles. The van der Waals surface area contributed by atoms with E-state index in [9.17, 15) is 9.59 Å². The Kier molecular flexibility index (Phi) is 6.06. The zero-order valence-corrected chi connectivity index (χ0v) is 17.7. The highest BCUT2D eigenvalue weighted by molar-refractivity contribution is 5.93. The molecule has 0 amide bonds. The molecule has 3 aromatic rings. The van der Waals surface area contributed by atoms with Crippen molar-refractivity contribution in [3.05, 3.63) is 107 Å². The van der Waals surface area contributed by atoms with Crippen LogP contribution in [-0.2, 0) is 20.7 Å². The summed E-state index contributed by atoms with van der Waals surface area (Å²) in [4.78, 5) is 25.2. The van der Waals surface area contributed by atoms with Gasteiger partial charge < -0.3 is 9.47 Å². The smallest absolute Gasteiger partial charge is 0.338 e. The molecule has 30 heavy (non-hydrogen) atoms. The number of hydrogen-bond acceptors (Lipinski definition) is 4. The van der Waals surface area contributed by atoms with Gasteiger partial charge >= 0.3 is 11.9 Å². The highest BCUT2D eigenvalue weighted by Gasteiger charge is 2.27. The van der Waals surface area contributed by atoms with Gasteiger partial charge in [-0.1, -0.05) is 60.7 Å². The monoisotopic (exact) mass is 402 g/mol. The Hall–Kier alpha value is -3.40. The van der Waals surface area contributed by atoms with E-state index in [1.165, 1.54) is 0 Å². The topological polar surface area (TPSA) is 52.6 Å². The Labute approximate surface area is 177 Å². The van der Waals surface area contributed by atoms with E-state index in [1.807, 2.05) is 88.4 Å². The molecule has 0 aliphatic rings. The van der Waals surface area contributed by atoms with Crippen molar-refractivity contribution >= 4 is 11.9 Å². The lowest BCUT2D eigenvalue weighted by Crippen LogP contribution is -2.26. The molecule has 0 unspecified atom stereocenters. The lowest BCUT2D eigenvalue weighted by Gasteiger charge is -2.26. The van der Waals surface area contributed by atoms with Crippen molar-refractivity contribution in [2.75, 3.05) is 0 Å². The van der Waals surface area contributed by atoms with Gasteiger partial charge in [-0.05, 0) is 63.1 Å². The maximum Gasteiger partial charge on any atom is 0.338 e. The number of hydrogen-bond donors (Lipinski definition) is 0. The Bertz CT molecular complexity index is 919. The second-order valence-corrected chi connectivity index (χ2v) is 8.11. The van der Waals surface area contributed by atoms with Crippen LogP contribution in [-0.4, -0.2) is 11.9 Å². The van der Waals surface area contributed by atoms with Crippen LogP contribution in [0.15, 0.2) is 84.9 Å². The third-order valence-electron chi connectivity index (χ3n) is 4.99.